The zero-order chi connectivity index (χ0) is 21.6. The summed E-state index contributed by atoms with van der Waals surface area (Å²) in [6.07, 6.45) is 1.76. The monoisotopic (exact) mass is 412 g/mol. The summed E-state index contributed by atoms with van der Waals surface area (Å²) in [7, 11) is 0. The summed E-state index contributed by atoms with van der Waals surface area (Å²) in [5.74, 6) is 1.38. The number of pyridine rings is 1. The normalized spacial score (nSPS) is 10.6. The van der Waals surface area contributed by atoms with Gasteiger partial charge < -0.3 is 10.1 Å². The summed E-state index contributed by atoms with van der Waals surface area (Å²) in [5.41, 5.74) is 4.33. The Hall–Kier alpha value is -3.93. The van der Waals surface area contributed by atoms with Crippen LogP contribution in [0.1, 0.15) is 32.9 Å². The van der Waals surface area contributed by atoms with E-state index in [1.165, 1.54) is 0 Å². The number of benzene rings is 2. The molecule has 2 aromatic carbocycles. The molecule has 6 heteroatoms. The lowest BCUT2D eigenvalue weighted by molar-refractivity contribution is 0.0948. The molecule has 2 heterocycles. The van der Waals surface area contributed by atoms with Gasteiger partial charge in [-0.25, -0.2) is 9.67 Å². The number of carbonyl (C=O) groups excluding carboxylic acids is 1. The van der Waals surface area contributed by atoms with Crippen LogP contribution in [0.25, 0.3) is 5.82 Å². The first-order valence-electron chi connectivity index (χ1n) is 10.1. The molecule has 4 rings (SSSR count). The zero-order valence-electron chi connectivity index (χ0n) is 17.6. The topological polar surface area (TPSA) is 69.0 Å². The first kappa shape index (κ1) is 20.3. The summed E-state index contributed by atoms with van der Waals surface area (Å²) >= 11 is 0. The van der Waals surface area contributed by atoms with Crippen LogP contribution in [0.15, 0.2) is 79.0 Å². The van der Waals surface area contributed by atoms with Gasteiger partial charge in [0.05, 0.1) is 5.69 Å². The van der Waals surface area contributed by atoms with Crippen LogP contribution >= 0.6 is 0 Å². The summed E-state index contributed by atoms with van der Waals surface area (Å²) < 4.78 is 7.62. The Morgan fingerprint density at radius 2 is 1.77 bits per heavy atom. The van der Waals surface area contributed by atoms with Gasteiger partial charge in [-0.05, 0) is 49.7 Å². The molecule has 1 amide bonds. The molecule has 4 aromatic rings. The van der Waals surface area contributed by atoms with Gasteiger partial charge in [-0.2, -0.15) is 5.10 Å². The minimum Gasteiger partial charge on any atom is -0.489 e. The lowest BCUT2D eigenvalue weighted by atomic mass is 10.1. The van der Waals surface area contributed by atoms with Gasteiger partial charge in [-0.1, -0.05) is 42.5 Å². The minimum atomic E-state index is -0.144. The number of aryl methyl sites for hydroxylation is 2. The number of carbonyl (C=O) groups is 1. The van der Waals surface area contributed by atoms with E-state index in [0.29, 0.717) is 18.7 Å². The Balaban J connectivity index is 1.39. The molecule has 0 saturated heterocycles. The molecule has 2 aromatic heterocycles. The summed E-state index contributed by atoms with van der Waals surface area (Å²) in [5, 5.41) is 7.42. The van der Waals surface area contributed by atoms with Crippen molar-refractivity contribution in [2.75, 3.05) is 0 Å². The van der Waals surface area contributed by atoms with Crippen molar-refractivity contribution in [3.05, 3.63) is 107 Å². The van der Waals surface area contributed by atoms with Crippen LogP contribution in [-0.2, 0) is 13.2 Å². The van der Waals surface area contributed by atoms with E-state index in [-0.39, 0.29) is 5.91 Å². The number of para-hydroxylation sites is 1. The second-order valence-corrected chi connectivity index (χ2v) is 7.31. The van der Waals surface area contributed by atoms with Gasteiger partial charge in [0.1, 0.15) is 12.4 Å². The molecule has 0 aliphatic rings. The quantitative estimate of drug-likeness (QED) is 0.489. The second kappa shape index (κ2) is 9.26. The Morgan fingerprint density at radius 1 is 1.00 bits per heavy atom. The Morgan fingerprint density at radius 3 is 2.48 bits per heavy atom. The number of nitrogens with zero attached hydrogens (tertiary/aromatic N) is 3. The highest BCUT2D eigenvalue weighted by molar-refractivity contribution is 5.95. The molecule has 31 heavy (non-hydrogen) atoms. The molecule has 0 atom stereocenters. The van der Waals surface area contributed by atoms with E-state index in [0.717, 1.165) is 34.1 Å². The number of hydrogen-bond acceptors (Lipinski definition) is 4. The van der Waals surface area contributed by atoms with Crippen molar-refractivity contribution >= 4 is 5.91 Å². The van der Waals surface area contributed by atoms with Gasteiger partial charge in [0.2, 0.25) is 0 Å². The van der Waals surface area contributed by atoms with Gasteiger partial charge in [0.25, 0.3) is 5.91 Å². The van der Waals surface area contributed by atoms with Gasteiger partial charge in [-0.15, -0.1) is 0 Å². The number of hydrogen-bond donors (Lipinski definition) is 1. The summed E-state index contributed by atoms with van der Waals surface area (Å²) in [4.78, 5) is 17.3. The molecule has 0 spiro atoms. The highest BCUT2D eigenvalue weighted by Gasteiger charge is 2.12. The van der Waals surface area contributed by atoms with Crippen molar-refractivity contribution in [3.63, 3.8) is 0 Å². The molecular weight excluding hydrogens is 388 g/mol. The number of ether oxygens (including phenoxy) is 1. The van der Waals surface area contributed by atoms with Gasteiger partial charge >= 0.3 is 0 Å². The SMILES string of the molecule is Cc1cc(C)n(-c2ccc(CNC(=O)c3ccccc3COc3ccccc3)cn2)n1. The third-order valence-corrected chi connectivity index (χ3v) is 4.89. The zero-order valence-corrected chi connectivity index (χ0v) is 17.6. The lowest BCUT2D eigenvalue weighted by Crippen LogP contribution is -2.24. The number of nitrogens with one attached hydrogen (secondary N) is 1. The maximum atomic E-state index is 12.8. The minimum absolute atomic E-state index is 0.144. The molecule has 1 N–H and O–H groups in total. The van der Waals surface area contributed by atoms with Gasteiger partial charge in [0, 0.05) is 29.6 Å². The molecule has 0 aliphatic carbocycles. The Bertz CT molecular complexity index is 1170. The first-order chi connectivity index (χ1) is 15.1. The fraction of sp³-hybridized carbons (Fsp3) is 0.160. The van der Waals surface area contributed by atoms with Crippen LogP contribution < -0.4 is 10.1 Å². The van der Waals surface area contributed by atoms with E-state index < -0.39 is 0 Å². The molecular formula is C25H24N4O2. The van der Waals surface area contributed by atoms with Crippen LogP contribution in [0.3, 0.4) is 0 Å². The molecule has 0 fully saturated rings. The van der Waals surface area contributed by atoms with E-state index in [1.807, 2.05) is 86.6 Å². The molecule has 0 aliphatic heterocycles. The molecule has 6 nitrogen and oxygen atoms in total. The maximum absolute atomic E-state index is 12.8. The lowest BCUT2D eigenvalue weighted by Gasteiger charge is -2.12. The highest BCUT2D eigenvalue weighted by atomic mass is 16.5. The van der Waals surface area contributed by atoms with E-state index in [9.17, 15) is 4.79 Å². The second-order valence-electron chi connectivity index (χ2n) is 7.31. The Labute approximate surface area is 181 Å². The smallest absolute Gasteiger partial charge is 0.251 e. The number of aromatic nitrogens is 3. The molecule has 0 bridgehead atoms. The third kappa shape index (κ3) is 4.98. The van der Waals surface area contributed by atoms with Gasteiger partial charge in [0.15, 0.2) is 5.82 Å². The van der Waals surface area contributed by atoms with E-state index in [4.69, 9.17) is 4.74 Å². The van der Waals surface area contributed by atoms with Crippen molar-refractivity contribution in [2.45, 2.75) is 27.0 Å². The Kier molecular flexibility index (Phi) is 6.08. The van der Waals surface area contributed by atoms with Crippen molar-refractivity contribution in [3.8, 4) is 11.6 Å². The third-order valence-electron chi connectivity index (χ3n) is 4.89. The average Bonchev–Trinajstić information content (AvgIpc) is 3.15. The highest BCUT2D eigenvalue weighted by Crippen LogP contribution is 2.15. The molecule has 0 radical (unpaired) electrons. The molecule has 156 valence electrons. The fourth-order valence-electron chi connectivity index (χ4n) is 3.33. The average molecular weight is 412 g/mol. The van der Waals surface area contributed by atoms with Crippen molar-refractivity contribution in [2.24, 2.45) is 0 Å². The van der Waals surface area contributed by atoms with E-state index >= 15 is 0 Å². The van der Waals surface area contributed by atoms with Crippen LogP contribution in [0.2, 0.25) is 0 Å². The van der Waals surface area contributed by atoms with Crippen LogP contribution in [0.4, 0.5) is 0 Å². The largest absolute Gasteiger partial charge is 0.489 e. The van der Waals surface area contributed by atoms with Crippen molar-refractivity contribution in [1.82, 2.24) is 20.1 Å². The molecule has 0 unspecified atom stereocenters. The maximum Gasteiger partial charge on any atom is 0.251 e. The van der Waals surface area contributed by atoms with Crippen molar-refractivity contribution in [1.29, 1.82) is 0 Å². The summed E-state index contributed by atoms with van der Waals surface area (Å²) in [6, 6.07) is 22.9. The molecule has 0 saturated carbocycles. The van der Waals surface area contributed by atoms with Crippen LogP contribution in [0, 0.1) is 13.8 Å². The summed E-state index contributed by atoms with van der Waals surface area (Å²) in [6.45, 7) is 4.66. The number of rotatable bonds is 7. The standard InChI is InChI=1S/C25H24N4O2/c1-18-14-19(2)29(28-18)24-13-12-20(15-26-24)16-27-25(30)23-11-7-6-8-21(23)17-31-22-9-4-3-5-10-22/h3-15H,16-17H2,1-2H3,(H,27,30). The first-order valence-corrected chi connectivity index (χ1v) is 10.1. The predicted molar refractivity (Wildman–Crippen MR) is 119 cm³/mol. The number of amides is 1. The van der Waals surface area contributed by atoms with Crippen LogP contribution in [0.5, 0.6) is 5.75 Å². The fourth-order valence-corrected chi connectivity index (χ4v) is 3.33. The van der Waals surface area contributed by atoms with Crippen molar-refractivity contribution < 1.29 is 9.53 Å². The van der Waals surface area contributed by atoms with Gasteiger partial charge in [-0.3, -0.25) is 4.79 Å². The predicted octanol–water partition coefficient (Wildman–Crippen LogP) is 4.39. The van der Waals surface area contributed by atoms with E-state index in [2.05, 4.69) is 15.4 Å². The van der Waals surface area contributed by atoms with Crippen LogP contribution in [-0.4, -0.2) is 20.7 Å². The van der Waals surface area contributed by atoms with E-state index in [1.54, 1.807) is 10.9 Å².